The van der Waals surface area contributed by atoms with Gasteiger partial charge in [-0.05, 0) is 43.2 Å². The number of aryl methyl sites for hydroxylation is 1. The zero-order chi connectivity index (χ0) is 15.4. The van der Waals surface area contributed by atoms with E-state index in [1.54, 1.807) is 0 Å². The molecule has 3 nitrogen and oxygen atoms in total. The van der Waals surface area contributed by atoms with Crippen LogP contribution >= 0.6 is 0 Å². The van der Waals surface area contributed by atoms with Crippen molar-refractivity contribution < 1.29 is 13.6 Å². The summed E-state index contributed by atoms with van der Waals surface area (Å²) in [7, 11) is 0. The van der Waals surface area contributed by atoms with Gasteiger partial charge < -0.3 is 10.6 Å². The minimum absolute atomic E-state index is 0.0275. The van der Waals surface area contributed by atoms with E-state index < -0.39 is 17.5 Å². The second-order valence-corrected chi connectivity index (χ2v) is 4.77. The van der Waals surface area contributed by atoms with Gasteiger partial charge in [-0.25, -0.2) is 8.78 Å². The Balaban J connectivity index is 1.99. The normalized spacial score (nSPS) is 10.3. The molecular weight excluding hydrogens is 274 g/mol. The number of nitrogens with one attached hydrogen (secondary N) is 2. The molecule has 0 aliphatic heterocycles. The van der Waals surface area contributed by atoms with Gasteiger partial charge in [-0.2, -0.15) is 0 Å². The van der Waals surface area contributed by atoms with Gasteiger partial charge in [0.1, 0.15) is 11.6 Å². The Hall–Kier alpha value is -2.43. The number of hydrogen-bond acceptors (Lipinski definition) is 2. The number of carbonyl (C=O) groups is 1. The molecule has 0 aliphatic rings. The highest BCUT2D eigenvalue weighted by molar-refractivity contribution is 5.93. The van der Waals surface area contributed by atoms with Crippen molar-refractivity contribution in [3.63, 3.8) is 0 Å². The van der Waals surface area contributed by atoms with Crippen LogP contribution in [0.3, 0.4) is 0 Å². The molecule has 2 N–H and O–H groups in total. The predicted octanol–water partition coefficient (Wildman–Crippen LogP) is 3.63. The van der Waals surface area contributed by atoms with Crippen LogP contribution in [0.25, 0.3) is 0 Å². The molecule has 0 radical (unpaired) electrons. The Kier molecular flexibility index (Phi) is 4.52. The molecule has 0 atom stereocenters. The smallest absolute Gasteiger partial charge is 0.243 e. The number of hydrogen-bond donors (Lipinski definition) is 2. The van der Waals surface area contributed by atoms with Crippen LogP contribution in [0.5, 0.6) is 0 Å². The van der Waals surface area contributed by atoms with E-state index in [4.69, 9.17) is 0 Å². The van der Waals surface area contributed by atoms with Crippen LogP contribution in [0.1, 0.15) is 11.1 Å². The maximum atomic E-state index is 13.4. The fraction of sp³-hybridized carbons (Fsp3) is 0.188. The van der Waals surface area contributed by atoms with Gasteiger partial charge in [-0.15, -0.1) is 0 Å². The molecule has 2 aromatic carbocycles. The fourth-order valence-electron chi connectivity index (χ4n) is 1.91. The van der Waals surface area contributed by atoms with E-state index in [0.29, 0.717) is 0 Å². The van der Waals surface area contributed by atoms with E-state index in [9.17, 15) is 13.6 Å². The summed E-state index contributed by atoms with van der Waals surface area (Å²) >= 11 is 0. The van der Waals surface area contributed by atoms with Gasteiger partial charge in [0.2, 0.25) is 5.91 Å². The minimum atomic E-state index is -0.670. The molecule has 21 heavy (non-hydrogen) atoms. The van der Waals surface area contributed by atoms with Crippen molar-refractivity contribution in [1.29, 1.82) is 0 Å². The summed E-state index contributed by atoms with van der Waals surface area (Å²) in [5, 5.41) is 5.32. The third-order valence-electron chi connectivity index (χ3n) is 3.25. The molecular formula is C16H16F2N2O. The molecule has 2 aromatic rings. The third-order valence-corrected chi connectivity index (χ3v) is 3.25. The zero-order valence-corrected chi connectivity index (χ0v) is 11.8. The number of amides is 1. The van der Waals surface area contributed by atoms with Crippen LogP contribution in [0, 0.1) is 25.5 Å². The standard InChI is InChI=1S/C16H16F2N2O/c1-10-4-3-5-14(11(10)2)19-9-16(21)20-15-8-12(17)6-7-13(15)18/h3-8,19H,9H2,1-2H3,(H,20,21). The molecule has 110 valence electrons. The van der Waals surface area contributed by atoms with Gasteiger partial charge in [0.15, 0.2) is 0 Å². The van der Waals surface area contributed by atoms with Crippen molar-refractivity contribution in [3.05, 3.63) is 59.2 Å². The Morgan fingerprint density at radius 3 is 2.62 bits per heavy atom. The molecule has 2 rings (SSSR count). The molecule has 1 amide bonds. The molecule has 0 bridgehead atoms. The van der Waals surface area contributed by atoms with Crippen LogP contribution in [-0.4, -0.2) is 12.5 Å². The lowest BCUT2D eigenvalue weighted by Crippen LogP contribution is -2.22. The highest BCUT2D eigenvalue weighted by Crippen LogP contribution is 2.18. The number of rotatable bonds is 4. The summed E-state index contributed by atoms with van der Waals surface area (Å²) in [6.07, 6.45) is 0. The highest BCUT2D eigenvalue weighted by Gasteiger charge is 2.09. The lowest BCUT2D eigenvalue weighted by molar-refractivity contribution is -0.114. The van der Waals surface area contributed by atoms with Crippen molar-refractivity contribution in [3.8, 4) is 0 Å². The summed E-state index contributed by atoms with van der Waals surface area (Å²) in [6, 6.07) is 8.64. The first-order valence-corrected chi connectivity index (χ1v) is 6.52. The Morgan fingerprint density at radius 1 is 1.10 bits per heavy atom. The zero-order valence-electron chi connectivity index (χ0n) is 11.8. The van der Waals surface area contributed by atoms with Crippen LogP contribution in [0.4, 0.5) is 20.2 Å². The largest absolute Gasteiger partial charge is 0.376 e. The van der Waals surface area contributed by atoms with Gasteiger partial charge in [0, 0.05) is 11.8 Å². The average molecular weight is 290 g/mol. The van der Waals surface area contributed by atoms with Gasteiger partial charge >= 0.3 is 0 Å². The summed E-state index contributed by atoms with van der Waals surface area (Å²) in [5.41, 5.74) is 2.83. The van der Waals surface area contributed by atoms with Gasteiger partial charge in [-0.3, -0.25) is 4.79 Å². The predicted molar refractivity (Wildman–Crippen MR) is 79.4 cm³/mol. The molecule has 0 spiro atoms. The molecule has 0 saturated heterocycles. The topological polar surface area (TPSA) is 41.1 Å². The first-order chi connectivity index (χ1) is 9.97. The average Bonchev–Trinajstić information content (AvgIpc) is 2.44. The van der Waals surface area contributed by atoms with Crippen LogP contribution < -0.4 is 10.6 Å². The summed E-state index contributed by atoms with van der Waals surface area (Å²) in [4.78, 5) is 11.8. The quantitative estimate of drug-likeness (QED) is 0.902. The lowest BCUT2D eigenvalue weighted by Gasteiger charge is -2.12. The number of anilines is 2. The highest BCUT2D eigenvalue weighted by atomic mass is 19.1. The van der Waals surface area contributed by atoms with E-state index in [0.717, 1.165) is 35.0 Å². The summed E-state index contributed by atoms with van der Waals surface area (Å²) < 4.78 is 26.4. The molecule has 0 heterocycles. The van der Waals surface area contributed by atoms with Gasteiger partial charge in [0.25, 0.3) is 0 Å². The fourth-order valence-corrected chi connectivity index (χ4v) is 1.91. The Labute approximate surface area is 122 Å². The summed E-state index contributed by atoms with van der Waals surface area (Å²) in [5.74, 6) is -1.72. The van der Waals surface area contributed by atoms with E-state index in [1.807, 2.05) is 32.0 Å². The van der Waals surface area contributed by atoms with Crippen LogP contribution in [0.2, 0.25) is 0 Å². The van der Waals surface area contributed by atoms with E-state index in [1.165, 1.54) is 0 Å². The van der Waals surface area contributed by atoms with Crippen molar-refractivity contribution >= 4 is 17.3 Å². The second kappa shape index (κ2) is 6.35. The van der Waals surface area contributed by atoms with Crippen molar-refractivity contribution in [1.82, 2.24) is 0 Å². The van der Waals surface area contributed by atoms with Gasteiger partial charge in [0.05, 0.1) is 12.2 Å². The van der Waals surface area contributed by atoms with Gasteiger partial charge in [-0.1, -0.05) is 12.1 Å². The van der Waals surface area contributed by atoms with Crippen molar-refractivity contribution in [2.24, 2.45) is 0 Å². The number of benzene rings is 2. The molecule has 0 saturated carbocycles. The monoisotopic (exact) mass is 290 g/mol. The maximum Gasteiger partial charge on any atom is 0.243 e. The van der Waals surface area contributed by atoms with Crippen molar-refractivity contribution in [2.45, 2.75) is 13.8 Å². The number of halogens is 2. The third kappa shape index (κ3) is 3.78. The Bertz CT molecular complexity index is 671. The molecule has 0 unspecified atom stereocenters. The van der Waals surface area contributed by atoms with E-state index >= 15 is 0 Å². The van der Waals surface area contributed by atoms with Crippen LogP contribution in [0.15, 0.2) is 36.4 Å². The lowest BCUT2D eigenvalue weighted by atomic mass is 10.1. The molecule has 0 aromatic heterocycles. The minimum Gasteiger partial charge on any atom is -0.376 e. The number of carbonyl (C=O) groups excluding carboxylic acids is 1. The Morgan fingerprint density at radius 2 is 1.86 bits per heavy atom. The molecule has 0 aliphatic carbocycles. The second-order valence-electron chi connectivity index (χ2n) is 4.77. The van der Waals surface area contributed by atoms with Crippen molar-refractivity contribution in [2.75, 3.05) is 17.2 Å². The SMILES string of the molecule is Cc1cccc(NCC(=O)Nc2cc(F)ccc2F)c1C. The van der Waals surface area contributed by atoms with E-state index in [-0.39, 0.29) is 12.2 Å². The summed E-state index contributed by atoms with van der Waals surface area (Å²) in [6.45, 7) is 3.89. The first-order valence-electron chi connectivity index (χ1n) is 6.52. The maximum absolute atomic E-state index is 13.4. The first kappa shape index (κ1) is 15.0. The van der Waals surface area contributed by atoms with Crippen LogP contribution in [-0.2, 0) is 4.79 Å². The van der Waals surface area contributed by atoms with E-state index in [2.05, 4.69) is 10.6 Å². The molecule has 5 heteroatoms. The molecule has 0 fully saturated rings.